The third-order valence-electron chi connectivity index (χ3n) is 8.06. The minimum atomic E-state index is -4.54. The van der Waals surface area contributed by atoms with Crippen molar-refractivity contribution >= 4 is 11.9 Å². The first-order valence-electron chi connectivity index (χ1n) is 17.3. The van der Waals surface area contributed by atoms with E-state index in [0.717, 1.165) is 49.4 Å². The van der Waals surface area contributed by atoms with Crippen molar-refractivity contribution in [1.29, 1.82) is 0 Å². The summed E-state index contributed by atoms with van der Waals surface area (Å²) in [5.74, 6) is -8.49. The van der Waals surface area contributed by atoms with E-state index >= 15 is 17.6 Å². The molecule has 0 saturated carbocycles. The first kappa shape index (κ1) is 43.8. The van der Waals surface area contributed by atoms with Crippen LogP contribution in [-0.4, -0.2) is 25.2 Å². The molecule has 0 heterocycles. The van der Waals surface area contributed by atoms with Crippen LogP contribution in [-0.2, 0) is 44.1 Å². The van der Waals surface area contributed by atoms with Gasteiger partial charge in [-0.2, -0.15) is 17.6 Å². The monoisotopic (exact) mass is 772 g/mol. The van der Waals surface area contributed by atoms with Gasteiger partial charge in [-0.3, -0.25) is 4.79 Å². The highest BCUT2D eigenvalue weighted by Gasteiger charge is 2.43. The van der Waals surface area contributed by atoms with E-state index in [-0.39, 0.29) is 54.3 Å². The number of carbonyl (C=O) groups is 2. The largest absolute Gasteiger partial charge is 0.465 e. The first-order valence-corrected chi connectivity index (χ1v) is 17.3. The lowest BCUT2D eigenvalue weighted by molar-refractivity contribution is -0.192. The van der Waals surface area contributed by atoms with Crippen molar-refractivity contribution in [2.24, 2.45) is 5.41 Å². The molecule has 296 valence electrons. The first-order chi connectivity index (χ1) is 25.1. The Hall–Kier alpha value is -4.62. The van der Waals surface area contributed by atoms with E-state index in [4.69, 9.17) is 9.47 Å². The molecule has 0 N–H and O–H groups in total. The van der Waals surface area contributed by atoms with Crippen LogP contribution < -0.4 is 9.47 Å². The zero-order chi connectivity index (χ0) is 40.4. The summed E-state index contributed by atoms with van der Waals surface area (Å²) in [7, 11) is 0. The summed E-state index contributed by atoms with van der Waals surface area (Å²) in [6, 6.07) is 5.41. The number of carbonyl (C=O) groups excluding carboxylic acids is 2. The standard InChI is InChI=1S/C40H44F8O6/c1-24(2)36(49)51-17-11-7-9-13-27-22-31(43)35(32(44)23-27)40(47,48)54-33-16-15-28(19-25(33)3)53-39(45,46)34-29(41)20-26(21-30(34)42)14-10-8-12-18-52-37(50)38(4,5)6/h15-16,19-23H,1,7-14,17-18H2,2-6H3. The molecule has 0 fully saturated rings. The molecule has 0 saturated heterocycles. The van der Waals surface area contributed by atoms with Crippen LogP contribution in [0.15, 0.2) is 54.6 Å². The van der Waals surface area contributed by atoms with Crippen LogP contribution in [0.5, 0.6) is 11.5 Å². The molecule has 3 rings (SSSR count). The topological polar surface area (TPSA) is 71.1 Å². The highest BCUT2D eigenvalue weighted by molar-refractivity contribution is 5.86. The molecule has 0 spiro atoms. The van der Waals surface area contributed by atoms with Crippen LogP contribution in [0.25, 0.3) is 0 Å². The van der Waals surface area contributed by atoms with Gasteiger partial charge in [0.1, 0.15) is 45.9 Å². The van der Waals surface area contributed by atoms with Crippen molar-refractivity contribution in [3.63, 3.8) is 0 Å². The maximum atomic E-state index is 15.1. The average molecular weight is 773 g/mol. The normalized spacial score (nSPS) is 12.0. The molecule has 3 aromatic carbocycles. The van der Waals surface area contributed by atoms with Gasteiger partial charge >= 0.3 is 24.2 Å². The van der Waals surface area contributed by atoms with Crippen LogP contribution in [0, 0.1) is 35.6 Å². The van der Waals surface area contributed by atoms with Crippen LogP contribution in [0.2, 0.25) is 0 Å². The van der Waals surface area contributed by atoms with Gasteiger partial charge in [0.25, 0.3) is 0 Å². The minimum absolute atomic E-state index is 0.109. The maximum absolute atomic E-state index is 15.1. The summed E-state index contributed by atoms with van der Waals surface area (Å²) in [5.41, 5.74) is -3.73. The zero-order valence-corrected chi connectivity index (χ0v) is 30.8. The molecule has 54 heavy (non-hydrogen) atoms. The van der Waals surface area contributed by atoms with Gasteiger partial charge in [0.2, 0.25) is 0 Å². The predicted molar refractivity (Wildman–Crippen MR) is 184 cm³/mol. The Morgan fingerprint density at radius 3 is 1.52 bits per heavy atom. The van der Waals surface area contributed by atoms with Gasteiger partial charge in [0.05, 0.1) is 18.6 Å². The number of ether oxygens (including phenoxy) is 4. The van der Waals surface area contributed by atoms with Gasteiger partial charge in [0, 0.05) is 5.57 Å². The molecule has 0 aromatic heterocycles. The molecule has 14 heteroatoms. The second kappa shape index (κ2) is 18.6. The summed E-state index contributed by atoms with van der Waals surface area (Å²) >= 11 is 0. The van der Waals surface area contributed by atoms with E-state index in [2.05, 4.69) is 16.1 Å². The fraction of sp³-hybridized carbons (Fsp3) is 0.450. The molecule has 0 unspecified atom stereocenters. The lowest BCUT2D eigenvalue weighted by Crippen LogP contribution is -2.26. The molecule has 3 aromatic rings. The van der Waals surface area contributed by atoms with Crippen molar-refractivity contribution in [2.45, 2.75) is 98.2 Å². The number of rotatable bonds is 19. The van der Waals surface area contributed by atoms with E-state index in [9.17, 15) is 27.2 Å². The Labute approximate surface area is 309 Å². The Morgan fingerprint density at radius 2 is 1.09 bits per heavy atom. The maximum Gasteiger partial charge on any atom is 0.432 e. The Bertz CT molecular complexity index is 1760. The summed E-state index contributed by atoms with van der Waals surface area (Å²) in [6.45, 7) is 11.6. The van der Waals surface area contributed by atoms with Gasteiger partial charge in [-0.05, 0) is 145 Å². The number of benzene rings is 3. The van der Waals surface area contributed by atoms with Crippen LogP contribution in [0.3, 0.4) is 0 Å². The van der Waals surface area contributed by atoms with E-state index in [1.54, 1.807) is 20.8 Å². The number of hydrogen-bond acceptors (Lipinski definition) is 6. The zero-order valence-electron chi connectivity index (χ0n) is 30.8. The number of esters is 2. The molecule has 0 bridgehead atoms. The lowest BCUT2D eigenvalue weighted by atomic mass is 9.97. The second-order valence-corrected chi connectivity index (χ2v) is 14.0. The van der Waals surface area contributed by atoms with Crippen molar-refractivity contribution in [3.8, 4) is 11.5 Å². The number of halogens is 8. The third-order valence-corrected chi connectivity index (χ3v) is 8.06. The van der Waals surface area contributed by atoms with Crippen molar-refractivity contribution in [1.82, 2.24) is 0 Å². The Kier molecular flexibility index (Phi) is 15.1. The third kappa shape index (κ3) is 12.5. The van der Waals surface area contributed by atoms with E-state index in [1.807, 2.05) is 0 Å². The summed E-state index contributed by atoms with van der Waals surface area (Å²) in [6.07, 6.45) is -5.86. The number of aryl methyl sites for hydroxylation is 3. The molecular formula is C40H44F8O6. The van der Waals surface area contributed by atoms with E-state index < -0.39 is 69.5 Å². The SMILES string of the molecule is C=C(C)C(=O)OCCCCCc1cc(F)c(C(F)(F)Oc2ccc(OC(F)(F)c3c(F)cc(CCCCCOC(=O)C(C)(C)C)cc3F)cc2C)c(F)c1. The van der Waals surface area contributed by atoms with E-state index in [1.165, 1.54) is 6.92 Å². The molecule has 0 aliphatic heterocycles. The van der Waals surface area contributed by atoms with Crippen LogP contribution >= 0.6 is 0 Å². The fourth-order valence-corrected chi connectivity index (χ4v) is 5.17. The highest BCUT2D eigenvalue weighted by atomic mass is 19.3. The Balaban J connectivity index is 1.60. The predicted octanol–water partition coefficient (Wildman–Crippen LogP) is 10.9. The van der Waals surface area contributed by atoms with Crippen LogP contribution in [0.4, 0.5) is 35.1 Å². The lowest BCUT2D eigenvalue weighted by Gasteiger charge is -2.23. The number of unbranched alkanes of at least 4 members (excludes halogenated alkanes) is 4. The molecule has 6 nitrogen and oxygen atoms in total. The average Bonchev–Trinajstić information content (AvgIpc) is 3.03. The minimum Gasteiger partial charge on any atom is -0.465 e. The molecular weight excluding hydrogens is 728 g/mol. The van der Waals surface area contributed by atoms with Gasteiger partial charge < -0.3 is 18.9 Å². The van der Waals surface area contributed by atoms with Gasteiger partial charge in [-0.15, -0.1) is 0 Å². The summed E-state index contributed by atoms with van der Waals surface area (Å²) in [4.78, 5) is 23.2. The second-order valence-electron chi connectivity index (χ2n) is 14.0. The van der Waals surface area contributed by atoms with Crippen LogP contribution in [0.1, 0.15) is 94.0 Å². The smallest absolute Gasteiger partial charge is 0.432 e. The summed E-state index contributed by atoms with van der Waals surface area (Å²) in [5, 5.41) is 0. The summed E-state index contributed by atoms with van der Waals surface area (Å²) < 4.78 is 139. The number of alkyl halides is 4. The van der Waals surface area contributed by atoms with Crippen molar-refractivity contribution < 1.29 is 63.7 Å². The number of hydrogen-bond donors (Lipinski definition) is 0. The highest BCUT2D eigenvalue weighted by Crippen LogP contribution is 2.40. The van der Waals surface area contributed by atoms with Crippen molar-refractivity contribution in [3.05, 3.63) is 106 Å². The molecule has 0 atom stereocenters. The fourth-order valence-electron chi connectivity index (χ4n) is 5.17. The molecule has 0 radical (unpaired) electrons. The van der Waals surface area contributed by atoms with E-state index in [0.29, 0.717) is 38.5 Å². The Morgan fingerprint density at radius 1 is 0.648 bits per heavy atom. The molecule has 0 aliphatic carbocycles. The molecule has 0 aliphatic rings. The molecule has 0 amide bonds. The quantitative estimate of drug-likeness (QED) is 0.0523. The van der Waals surface area contributed by atoms with Crippen molar-refractivity contribution in [2.75, 3.05) is 13.2 Å². The van der Waals surface area contributed by atoms with Gasteiger partial charge in [0.15, 0.2) is 0 Å². The van der Waals surface area contributed by atoms with Gasteiger partial charge in [-0.1, -0.05) is 6.58 Å². The van der Waals surface area contributed by atoms with Gasteiger partial charge in [-0.25, -0.2) is 22.4 Å².